The molecule has 1 aliphatic heterocycles. The van der Waals surface area contributed by atoms with Gasteiger partial charge in [-0.1, -0.05) is 26.0 Å². The third-order valence-electron chi connectivity index (χ3n) is 4.71. The zero-order valence-corrected chi connectivity index (χ0v) is 14.8. The van der Waals surface area contributed by atoms with Crippen LogP contribution in [0.2, 0.25) is 0 Å². The number of rotatable bonds is 4. The van der Waals surface area contributed by atoms with Crippen LogP contribution in [0.4, 0.5) is 5.69 Å². The number of aromatic nitrogens is 1. The van der Waals surface area contributed by atoms with Crippen molar-refractivity contribution in [2.45, 2.75) is 38.6 Å². The van der Waals surface area contributed by atoms with Gasteiger partial charge in [-0.3, -0.25) is 4.79 Å². The van der Waals surface area contributed by atoms with E-state index in [1.54, 1.807) is 12.1 Å². The van der Waals surface area contributed by atoms with Crippen LogP contribution in [0.1, 0.15) is 48.5 Å². The van der Waals surface area contributed by atoms with Gasteiger partial charge in [0.2, 0.25) is 0 Å². The Balaban J connectivity index is 1.62. The van der Waals surface area contributed by atoms with Crippen LogP contribution in [0.15, 0.2) is 48.8 Å². The van der Waals surface area contributed by atoms with E-state index < -0.39 is 0 Å². The Labute approximate surface area is 148 Å². The number of nitrogens with zero attached hydrogens (tertiary/aromatic N) is 2. The number of likely N-dealkylation sites (tertiary alicyclic amines) is 1. The number of carbonyl (C=O) groups is 1. The van der Waals surface area contributed by atoms with Crippen molar-refractivity contribution in [2.75, 3.05) is 18.4 Å². The number of amides is 1. The first-order valence-corrected chi connectivity index (χ1v) is 8.87. The summed E-state index contributed by atoms with van der Waals surface area (Å²) in [6, 6.07) is 11.9. The normalized spacial score (nSPS) is 17.6. The third kappa shape index (κ3) is 4.29. The number of pyridine rings is 1. The van der Waals surface area contributed by atoms with Gasteiger partial charge in [0.05, 0.1) is 5.56 Å². The molecule has 1 fully saturated rings. The molecule has 0 aliphatic carbocycles. The van der Waals surface area contributed by atoms with Gasteiger partial charge in [-0.15, -0.1) is 0 Å². The zero-order valence-electron chi connectivity index (χ0n) is 14.8. The Morgan fingerprint density at radius 2 is 1.88 bits per heavy atom. The van der Waals surface area contributed by atoms with Crippen molar-refractivity contribution in [3.63, 3.8) is 0 Å². The lowest BCUT2D eigenvalue weighted by Gasteiger charge is -2.33. The quantitative estimate of drug-likeness (QED) is 0.687. The fraction of sp³-hybridized carbons (Fsp3) is 0.400. The van der Waals surface area contributed by atoms with Gasteiger partial charge in [-0.2, -0.15) is 4.73 Å². The van der Waals surface area contributed by atoms with Gasteiger partial charge in [0.25, 0.3) is 5.91 Å². The number of anilines is 1. The summed E-state index contributed by atoms with van der Waals surface area (Å²) in [7, 11) is 0. The van der Waals surface area contributed by atoms with Crippen LogP contribution in [-0.4, -0.2) is 29.9 Å². The van der Waals surface area contributed by atoms with Crippen LogP contribution >= 0.6 is 0 Å². The minimum atomic E-state index is -0.0118. The fourth-order valence-electron chi connectivity index (χ4n) is 3.22. The van der Waals surface area contributed by atoms with Crippen molar-refractivity contribution < 1.29 is 9.52 Å². The van der Waals surface area contributed by atoms with Gasteiger partial charge in [-0.25, -0.2) is 0 Å². The lowest BCUT2D eigenvalue weighted by atomic mass is 10.0. The van der Waals surface area contributed by atoms with Crippen molar-refractivity contribution in [3.05, 3.63) is 65.1 Å². The molecular weight excluding hydrogens is 314 g/mol. The molecular formula is C20H25N3O2. The van der Waals surface area contributed by atoms with E-state index in [0.717, 1.165) is 25.1 Å². The second kappa shape index (κ2) is 7.55. The van der Waals surface area contributed by atoms with Crippen LogP contribution in [0, 0.1) is 5.21 Å². The van der Waals surface area contributed by atoms with Gasteiger partial charge < -0.3 is 15.4 Å². The third-order valence-corrected chi connectivity index (χ3v) is 4.71. The molecule has 0 spiro atoms. The van der Waals surface area contributed by atoms with Crippen molar-refractivity contribution >= 4 is 11.6 Å². The topological polar surface area (TPSA) is 59.3 Å². The Morgan fingerprint density at radius 1 is 1.20 bits per heavy atom. The van der Waals surface area contributed by atoms with Gasteiger partial charge in [0.15, 0.2) is 12.4 Å². The summed E-state index contributed by atoms with van der Waals surface area (Å²) in [5.74, 6) is 0.512. The smallest absolute Gasteiger partial charge is 0.254 e. The maximum Gasteiger partial charge on any atom is 0.254 e. The molecule has 0 unspecified atom stereocenters. The summed E-state index contributed by atoms with van der Waals surface area (Å²) in [5.41, 5.74) is 2.98. The largest absolute Gasteiger partial charge is 0.619 e. The van der Waals surface area contributed by atoms with Crippen molar-refractivity contribution in [2.24, 2.45) is 0 Å². The highest BCUT2D eigenvalue weighted by Crippen LogP contribution is 2.20. The molecule has 2 aromatic rings. The summed E-state index contributed by atoms with van der Waals surface area (Å²) >= 11 is 0. The molecule has 1 aromatic heterocycles. The van der Waals surface area contributed by atoms with Crippen LogP contribution in [0.25, 0.3) is 0 Å². The minimum Gasteiger partial charge on any atom is -0.619 e. The molecule has 132 valence electrons. The number of benzene rings is 1. The van der Waals surface area contributed by atoms with Gasteiger partial charge >= 0.3 is 0 Å². The standard InChI is InChI=1S/C20H25N3O2/c1-15(2)16-5-7-18(8-6-16)21-19-4-3-11-22(14-19)20(24)17-9-12-23(25)13-10-17/h5-10,12-13,15,19,21H,3-4,11,14H2,1-2H3/t19-/m0/s1. The van der Waals surface area contributed by atoms with Gasteiger partial charge in [-0.05, 0) is 36.5 Å². The molecule has 1 saturated heterocycles. The predicted octanol–water partition coefficient (Wildman–Crippen LogP) is 3.16. The van der Waals surface area contributed by atoms with E-state index in [-0.39, 0.29) is 11.9 Å². The van der Waals surface area contributed by atoms with Crippen LogP contribution in [-0.2, 0) is 0 Å². The Kier molecular flexibility index (Phi) is 5.22. The molecule has 3 rings (SSSR count). The molecule has 1 aromatic carbocycles. The molecule has 0 saturated carbocycles. The van der Waals surface area contributed by atoms with Crippen LogP contribution in [0.5, 0.6) is 0 Å². The zero-order chi connectivity index (χ0) is 17.8. The lowest BCUT2D eigenvalue weighted by Crippen LogP contribution is -2.45. The second-order valence-electron chi connectivity index (χ2n) is 6.96. The van der Waals surface area contributed by atoms with E-state index in [0.29, 0.717) is 22.8 Å². The minimum absolute atomic E-state index is 0.0118. The summed E-state index contributed by atoms with van der Waals surface area (Å²) in [6.07, 6.45) is 4.75. The Hall–Kier alpha value is -2.56. The molecule has 2 heterocycles. The predicted molar refractivity (Wildman–Crippen MR) is 98.5 cm³/mol. The molecule has 0 bridgehead atoms. The SMILES string of the molecule is CC(C)c1ccc(N[C@H]2CCCN(C(=O)c3cc[n+]([O-])cc3)C2)cc1. The highest BCUT2D eigenvalue weighted by molar-refractivity contribution is 5.94. The average molecular weight is 339 g/mol. The summed E-state index contributed by atoms with van der Waals surface area (Å²) in [5, 5.41) is 14.7. The molecule has 1 N–H and O–H groups in total. The van der Waals surface area contributed by atoms with Crippen LogP contribution < -0.4 is 10.0 Å². The Morgan fingerprint density at radius 3 is 2.52 bits per heavy atom. The molecule has 1 atom stereocenters. The number of piperidine rings is 1. The first-order valence-electron chi connectivity index (χ1n) is 8.87. The highest BCUT2D eigenvalue weighted by Gasteiger charge is 2.24. The van der Waals surface area contributed by atoms with Crippen molar-refractivity contribution in [1.82, 2.24) is 4.90 Å². The first-order chi connectivity index (χ1) is 12.0. The van der Waals surface area contributed by atoms with E-state index in [1.807, 2.05) is 4.90 Å². The molecule has 1 aliphatic rings. The van der Waals surface area contributed by atoms with Gasteiger partial charge in [0.1, 0.15) is 0 Å². The number of hydrogen-bond donors (Lipinski definition) is 1. The molecule has 0 radical (unpaired) electrons. The summed E-state index contributed by atoms with van der Waals surface area (Å²) in [6.45, 7) is 5.81. The summed E-state index contributed by atoms with van der Waals surface area (Å²) in [4.78, 5) is 14.5. The summed E-state index contributed by atoms with van der Waals surface area (Å²) < 4.78 is 0.693. The van der Waals surface area contributed by atoms with E-state index >= 15 is 0 Å². The Bertz CT molecular complexity index is 711. The number of hydrogen-bond acceptors (Lipinski definition) is 3. The van der Waals surface area contributed by atoms with E-state index in [2.05, 4.69) is 43.4 Å². The number of nitrogens with one attached hydrogen (secondary N) is 1. The maximum absolute atomic E-state index is 12.6. The molecule has 5 heteroatoms. The second-order valence-corrected chi connectivity index (χ2v) is 6.96. The van der Waals surface area contributed by atoms with Crippen molar-refractivity contribution in [1.29, 1.82) is 0 Å². The van der Waals surface area contributed by atoms with E-state index in [4.69, 9.17) is 0 Å². The molecule has 5 nitrogen and oxygen atoms in total. The molecule has 1 amide bonds. The fourth-order valence-corrected chi connectivity index (χ4v) is 3.22. The lowest BCUT2D eigenvalue weighted by molar-refractivity contribution is -0.605. The highest BCUT2D eigenvalue weighted by atomic mass is 16.5. The van der Waals surface area contributed by atoms with E-state index in [9.17, 15) is 10.0 Å². The maximum atomic E-state index is 12.6. The first kappa shape index (κ1) is 17.3. The van der Waals surface area contributed by atoms with Crippen molar-refractivity contribution in [3.8, 4) is 0 Å². The van der Waals surface area contributed by atoms with E-state index in [1.165, 1.54) is 18.0 Å². The number of carbonyl (C=O) groups excluding carboxylic acids is 1. The van der Waals surface area contributed by atoms with Crippen LogP contribution in [0.3, 0.4) is 0 Å². The molecule has 25 heavy (non-hydrogen) atoms. The van der Waals surface area contributed by atoms with Gasteiger partial charge in [0, 0.05) is 37.0 Å². The monoisotopic (exact) mass is 339 g/mol. The average Bonchev–Trinajstić information content (AvgIpc) is 2.62.